The number of carbonyl (C=O) groups is 2. The molecule has 2 heterocycles. The highest BCUT2D eigenvalue weighted by Crippen LogP contribution is 2.28. The summed E-state index contributed by atoms with van der Waals surface area (Å²) >= 11 is 5.78. The van der Waals surface area contributed by atoms with Gasteiger partial charge in [-0.05, 0) is 6.07 Å². The van der Waals surface area contributed by atoms with Crippen LogP contribution in [0.15, 0.2) is 12.3 Å². The van der Waals surface area contributed by atoms with E-state index in [9.17, 15) is 9.59 Å². The molecular formula is C11H11ClN2O4. The molecule has 0 unspecified atom stereocenters. The highest BCUT2D eigenvalue weighted by Gasteiger charge is 2.35. The molecule has 1 saturated heterocycles. The first-order chi connectivity index (χ1) is 8.52. The molecule has 0 saturated carbocycles. The van der Waals surface area contributed by atoms with Gasteiger partial charge in [-0.25, -0.2) is 9.78 Å². The number of carbonyl (C=O) groups excluding carboxylic acids is 1. The van der Waals surface area contributed by atoms with Gasteiger partial charge in [-0.3, -0.25) is 4.79 Å². The number of nitrogens with zero attached hydrogens (tertiary/aromatic N) is 2. The molecule has 1 aromatic heterocycles. The second-order valence-electron chi connectivity index (χ2n) is 3.96. The monoisotopic (exact) mass is 270 g/mol. The lowest BCUT2D eigenvalue weighted by Crippen LogP contribution is -2.51. The van der Waals surface area contributed by atoms with Crippen molar-refractivity contribution in [2.24, 2.45) is 5.92 Å². The number of carboxylic acid groups (broad SMARTS) is 1. The largest absolute Gasteiger partial charge is 0.481 e. The van der Waals surface area contributed by atoms with Crippen LogP contribution in [0.4, 0.5) is 5.82 Å². The molecule has 96 valence electrons. The Morgan fingerprint density at radius 1 is 1.56 bits per heavy atom. The lowest BCUT2D eigenvalue weighted by atomic mass is 10.00. The van der Waals surface area contributed by atoms with Crippen molar-refractivity contribution in [3.05, 3.63) is 22.8 Å². The first kappa shape index (κ1) is 12.6. The Morgan fingerprint density at radius 3 is 2.78 bits per heavy atom. The molecule has 1 aliphatic heterocycles. The summed E-state index contributed by atoms with van der Waals surface area (Å²) in [4.78, 5) is 28.1. The van der Waals surface area contributed by atoms with Gasteiger partial charge in [0.2, 0.25) is 0 Å². The number of carboxylic acids is 1. The Labute approximate surface area is 108 Å². The maximum Gasteiger partial charge on any atom is 0.341 e. The van der Waals surface area contributed by atoms with Crippen molar-refractivity contribution < 1.29 is 19.4 Å². The molecule has 2 rings (SSSR count). The summed E-state index contributed by atoms with van der Waals surface area (Å²) < 4.78 is 4.64. The van der Waals surface area contributed by atoms with E-state index in [2.05, 4.69) is 9.72 Å². The minimum Gasteiger partial charge on any atom is -0.481 e. The molecule has 1 aromatic rings. The van der Waals surface area contributed by atoms with Gasteiger partial charge in [0.05, 0.1) is 18.1 Å². The van der Waals surface area contributed by atoms with Crippen LogP contribution in [-0.4, -0.2) is 42.2 Å². The topological polar surface area (TPSA) is 79.7 Å². The van der Waals surface area contributed by atoms with Crippen molar-refractivity contribution in [3.63, 3.8) is 0 Å². The van der Waals surface area contributed by atoms with Crippen LogP contribution in [0.3, 0.4) is 0 Å². The number of aliphatic carboxylic acids is 1. The van der Waals surface area contributed by atoms with Gasteiger partial charge in [0, 0.05) is 19.3 Å². The number of rotatable bonds is 3. The summed E-state index contributed by atoms with van der Waals surface area (Å²) in [6.07, 6.45) is 1.41. The van der Waals surface area contributed by atoms with E-state index in [1.54, 1.807) is 4.90 Å². The van der Waals surface area contributed by atoms with Gasteiger partial charge in [0.25, 0.3) is 0 Å². The molecule has 0 radical (unpaired) electrons. The minimum absolute atomic E-state index is 0.244. The molecule has 1 fully saturated rings. The summed E-state index contributed by atoms with van der Waals surface area (Å²) in [6, 6.07) is 1.46. The lowest BCUT2D eigenvalue weighted by molar-refractivity contribution is -0.142. The van der Waals surface area contributed by atoms with Gasteiger partial charge in [0.15, 0.2) is 0 Å². The number of hydrogen-bond donors (Lipinski definition) is 1. The molecule has 0 atom stereocenters. The Morgan fingerprint density at radius 2 is 2.22 bits per heavy atom. The normalized spacial score (nSPS) is 15.1. The zero-order valence-corrected chi connectivity index (χ0v) is 10.3. The maximum atomic E-state index is 11.6. The number of methoxy groups -OCH3 is 1. The third-order valence-electron chi connectivity index (χ3n) is 2.77. The molecule has 18 heavy (non-hydrogen) atoms. The van der Waals surface area contributed by atoms with Crippen LogP contribution in [0, 0.1) is 5.92 Å². The summed E-state index contributed by atoms with van der Waals surface area (Å²) in [5.74, 6) is -1.41. The lowest BCUT2D eigenvalue weighted by Gasteiger charge is -2.38. The van der Waals surface area contributed by atoms with Gasteiger partial charge in [-0.2, -0.15) is 0 Å². The summed E-state index contributed by atoms with van der Waals surface area (Å²) in [6.45, 7) is 0.655. The van der Waals surface area contributed by atoms with Crippen LogP contribution < -0.4 is 4.90 Å². The molecule has 0 bridgehead atoms. The predicted molar refractivity (Wildman–Crippen MR) is 63.9 cm³/mol. The fourth-order valence-corrected chi connectivity index (χ4v) is 1.91. The number of aromatic nitrogens is 1. The SMILES string of the molecule is COC(=O)c1cc(Cl)cnc1N1CC(C(=O)O)C1. The summed E-state index contributed by atoms with van der Waals surface area (Å²) in [5, 5.41) is 9.14. The highest BCUT2D eigenvalue weighted by molar-refractivity contribution is 6.30. The van der Waals surface area contributed by atoms with Crippen molar-refractivity contribution in [3.8, 4) is 0 Å². The van der Waals surface area contributed by atoms with Gasteiger partial charge in [-0.15, -0.1) is 0 Å². The van der Waals surface area contributed by atoms with Crippen LogP contribution in [0.2, 0.25) is 5.02 Å². The molecule has 7 heteroatoms. The molecule has 0 aliphatic carbocycles. The zero-order valence-electron chi connectivity index (χ0n) is 9.59. The van der Waals surface area contributed by atoms with Crippen molar-refractivity contribution in [2.45, 2.75) is 0 Å². The molecule has 0 aromatic carbocycles. The van der Waals surface area contributed by atoms with E-state index in [1.165, 1.54) is 19.4 Å². The van der Waals surface area contributed by atoms with E-state index < -0.39 is 17.9 Å². The van der Waals surface area contributed by atoms with Crippen LogP contribution in [-0.2, 0) is 9.53 Å². The van der Waals surface area contributed by atoms with Gasteiger partial charge < -0.3 is 14.7 Å². The van der Waals surface area contributed by atoms with E-state index in [-0.39, 0.29) is 5.56 Å². The number of hydrogen-bond acceptors (Lipinski definition) is 5. The quantitative estimate of drug-likeness (QED) is 0.827. The number of anilines is 1. The number of esters is 1. The van der Waals surface area contributed by atoms with Crippen LogP contribution in [0.25, 0.3) is 0 Å². The van der Waals surface area contributed by atoms with Crippen molar-refractivity contribution in [1.82, 2.24) is 4.98 Å². The molecule has 1 N–H and O–H groups in total. The van der Waals surface area contributed by atoms with E-state index >= 15 is 0 Å². The van der Waals surface area contributed by atoms with E-state index in [4.69, 9.17) is 16.7 Å². The van der Waals surface area contributed by atoms with Crippen LogP contribution in [0.5, 0.6) is 0 Å². The average Bonchev–Trinajstić information content (AvgIpc) is 2.27. The molecule has 0 amide bonds. The zero-order chi connectivity index (χ0) is 13.3. The Hall–Kier alpha value is -1.82. The van der Waals surface area contributed by atoms with Crippen molar-refractivity contribution >= 4 is 29.4 Å². The van der Waals surface area contributed by atoms with E-state index in [0.717, 1.165) is 0 Å². The smallest absolute Gasteiger partial charge is 0.341 e. The average molecular weight is 271 g/mol. The second kappa shape index (κ2) is 4.81. The third kappa shape index (κ3) is 2.24. The first-order valence-corrected chi connectivity index (χ1v) is 5.62. The minimum atomic E-state index is -0.847. The molecule has 0 spiro atoms. The molecular weight excluding hydrogens is 260 g/mol. The van der Waals surface area contributed by atoms with Crippen molar-refractivity contribution in [1.29, 1.82) is 0 Å². The van der Waals surface area contributed by atoms with Crippen LogP contribution >= 0.6 is 11.6 Å². The molecule has 6 nitrogen and oxygen atoms in total. The van der Waals surface area contributed by atoms with E-state index in [1.807, 2.05) is 0 Å². The number of pyridine rings is 1. The first-order valence-electron chi connectivity index (χ1n) is 5.24. The second-order valence-corrected chi connectivity index (χ2v) is 4.39. The van der Waals surface area contributed by atoms with Gasteiger partial charge >= 0.3 is 11.9 Å². The number of ether oxygens (including phenoxy) is 1. The van der Waals surface area contributed by atoms with Crippen molar-refractivity contribution in [2.75, 3.05) is 25.1 Å². The predicted octanol–water partition coefficient (Wildman–Crippen LogP) is 1.04. The summed E-state index contributed by atoms with van der Waals surface area (Å²) in [7, 11) is 1.27. The summed E-state index contributed by atoms with van der Waals surface area (Å²) in [5.41, 5.74) is 0.244. The maximum absolute atomic E-state index is 11.6. The fraction of sp³-hybridized carbons (Fsp3) is 0.364. The molecule has 1 aliphatic rings. The van der Waals surface area contributed by atoms with Crippen LogP contribution in [0.1, 0.15) is 10.4 Å². The Balaban J connectivity index is 2.24. The Bertz CT molecular complexity index is 500. The fourth-order valence-electron chi connectivity index (χ4n) is 1.75. The number of halogens is 1. The third-order valence-corrected chi connectivity index (χ3v) is 2.98. The highest BCUT2D eigenvalue weighted by atomic mass is 35.5. The Kier molecular flexibility index (Phi) is 3.38. The standard InChI is InChI=1S/C11H11ClN2O4/c1-18-11(17)8-2-7(12)3-13-9(8)14-4-6(5-14)10(15)16/h2-3,6H,4-5H2,1H3,(H,15,16). The van der Waals surface area contributed by atoms with E-state index in [0.29, 0.717) is 23.9 Å². The van der Waals surface area contributed by atoms with Gasteiger partial charge in [0.1, 0.15) is 11.4 Å². The van der Waals surface area contributed by atoms with Gasteiger partial charge in [-0.1, -0.05) is 11.6 Å².